The molecule has 1 unspecified atom stereocenters. The van der Waals surface area contributed by atoms with Gasteiger partial charge in [-0.1, -0.05) is 0 Å². The Balaban J connectivity index is 0.864. The fourth-order valence-corrected chi connectivity index (χ4v) is 10.2. The highest BCUT2D eigenvalue weighted by Gasteiger charge is 2.50. The minimum absolute atomic E-state index is 0.222. The van der Waals surface area contributed by atoms with Crippen molar-refractivity contribution in [2.24, 2.45) is 23.2 Å². The number of aryl methyl sites for hydroxylation is 1. The van der Waals surface area contributed by atoms with Gasteiger partial charge in [0.25, 0.3) is 5.56 Å². The molecule has 226 valence electrons. The quantitative estimate of drug-likeness (QED) is 0.263. The van der Waals surface area contributed by atoms with E-state index >= 15 is 0 Å². The molecule has 6 fully saturated rings. The maximum Gasteiger partial charge on any atom is 0.262 e. The van der Waals surface area contributed by atoms with Crippen molar-refractivity contribution in [1.29, 1.82) is 0 Å². The van der Waals surface area contributed by atoms with Crippen molar-refractivity contribution in [3.63, 3.8) is 0 Å². The Morgan fingerprint density at radius 1 is 0.952 bits per heavy atom. The highest BCUT2D eigenvalue weighted by molar-refractivity contribution is 7.99. The number of imide groups is 1. The average molecular weight is 592 g/mol. The number of piperazine rings is 1. The molecule has 2 aromatic rings. The van der Waals surface area contributed by atoms with E-state index in [1.54, 1.807) is 26.2 Å². The maximum atomic E-state index is 13.3. The van der Waals surface area contributed by atoms with E-state index < -0.39 is 11.9 Å². The van der Waals surface area contributed by atoms with Gasteiger partial charge in [0, 0.05) is 37.5 Å². The zero-order chi connectivity index (χ0) is 28.8. The summed E-state index contributed by atoms with van der Waals surface area (Å²) in [5.41, 5.74) is 1.14. The number of nitrogens with one attached hydrogen (secondary N) is 1. The summed E-state index contributed by atoms with van der Waals surface area (Å²) in [6, 6.07) is 5.12. The summed E-state index contributed by atoms with van der Waals surface area (Å²) < 4.78 is 1.44. The number of fused-ring (bicyclic) bond motifs is 1. The molecule has 4 saturated carbocycles. The van der Waals surface area contributed by atoms with Gasteiger partial charge < -0.3 is 9.80 Å². The highest BCUT2D eigenvalue weighted by atomic mass is 32.2. The average Bonchev–Trinajstić information content (AvgIpc) is 2.95. The summed E-state index contributed by atoms with van der Waals surface area (Å²) in [6.07, 6.45) is 12.4. The molecule has 9 heteroatoms. The van der Waals surface area contributed by atoms with E-state index in [2.05, 4.69) is 20.1 Å². The maximum absolute atomic E-state index is 13.3. The third kappa shape index (κ3) is 5.81. The second-order valence-corrected chi connectivity index (χ2v) is 15.2. The van der Waals surface area contributed by atoms with Gasteiger partial charge in [0.2, 0.25) is 11.8 Å². The number of rotatable bonds is 9. The first kappa shape index (κ1) is 28.5. The van der Waals surface area contributed by atoms with Crippen LogP contribution < -0.4 is 10.9 Å². The van der Waals surface area contributed by atoms with Crippen LogP contribution in [0.25, 0.3) is 10.9 Å². The molecule has 6 aliphatic rings. The van der Waals surface area contributed by atoms with Crippen molar-refractivity contribution in [2.75, 3.05) is 45.0 Å². The first-order chi connectivity index (χ1) is 20.3. The largest absolute Gasteiger partial charge is 0.301 e. The molecule has 0 spiro atoms. The number of benzene rings is 1. The standard InChI is InChI=1S/C33H45N5O3S/c1-22-34-28-18-26(3-4-27(28)32(41)38(22)29-5-6-30(39)35-31(29)40)42-14-2-8-36-10-12-37(13-11-36)9-7-33-19-23-15-24(20-33)17-25(16-23)21-33/h3-4,18,23-25,29H,2,5-17,19-21H2,1H3,(H,35,39,40). The summed E-state index contributed by atoms with van der Waals surface area (Å²) in [6.45, 7) is 9.00. The summed E-state index contributed by atoms with van der Waals surface area (Å²) in [5.74, 6) is 3.99. The van der Waals surface area contributed by atoms with Gasteiger partial charge >= 0.3 is 0 Å². The van der Waals surface area contributed by atoms with E-state index in [1.807, 2.05) is 30.0 Å². The number of carbonyl (C=O) groups is 2. The smallest absolute Gasteiger partial charge is 0.262 e. The normalized spacial score (nSPS) is 31.6. The molecule has 1 atom stereocenters. The molecule has 4 aliphatic carbocycles. The van der Waals surface area contributed by atoms with Crippen LogP contribution >= 0.6 is 11.8 Å². The van der Waals surface area contributed by atoms with Crippen LogP contribution in [0.2, 0.25) is 0 Å². The number of piperidine rings is 1. The predicted molar refractivity (Wildman–Crippen MR) is 166 cm³/mol. The van der Waals surface area contributed by atoms with Gasteiger partial charge in [0.05, 0.1) is 10.9 Å². The van der Waals surface area contributed by atoms with E-state index in [0.29, 0.717) is 28.6 Å². The van der Waals surface area contributed by atoms with Crippen LogP contribution in [0.3, 0.4) is 0 Å². The van der Waals surface area contributed by atoms with Crippen LogP contribution in [0.1, 0.15) is 76.1 Å². The summed E-state index contributed by atoms with van der Waals surface area (Å²) in [4.78, 5) is 48.4. The number of carbonyl (C=O) groups excluding carboxylic acids is 2. The molecule has 4 bridgehead atoms. The van der Waals surface area contributed by atoms with Gasteiger partial charge in [-0.05, 0) is 125 Å². The van der Waals surface area contributed by atoms with Crippen molar-refractivity contribution in [1.82, 2.24) is 24.7 Å². The Morgan fingerprint density at radius 3 is 2.29 bits per heavy atom. The molecule has 2 saturated heterocycles. The number of hydrogen-bond donors (Lipinski definition) is 1. The van der Waals surface area contributed by atoms with E-state index in [4.69, 9.17) is 0 Å². The van der Waals surface area contributed by atoms with Crippen LogP contribution in [-0.2, 0) is 9.59 Å². The Kier molecular flexibility index (Phi) is 7.95. The Morgan fingerprint density at radius 2 is 1.62 bits per heavy atom. The monoisotopic (exact) mass is 591 g/mol. The molecule has 1 N–H and O–H groups in total. The number of amides is 2. The van der Waals surface area contributed by atoms with Gasteiger partial charge in [0.15, 0.2) is 0 Å². The SMILES string of the molecule is Cc1nc2cc(SCCCN3CCN(CCC45CC6CC(CC(C6)C4)C5)CC3)ccc2c(=O)n1C1CCC(=O)NC1=O. The fraction of sp³-hybridized carbons (Fsp3) is 0.697. The van der Waals surface area contributed by atoms with E-state index in [1.165, 1.54) is 63.0 Å². The third-order valence-corrected chi connectivity index (χ3v) is 12.1. The molecule has 0 radical (unpaired) electrons. The number of nitrogens with zero attached hydrogens (tertiary/aromatic N) is 4. The van der Waals surface area contributed by atoms with Crippen molar-refractivity contribution in [3.8, 4) is 0 Å². The van der Waals surface area contributed by atoms with Gasteiger partial charge in [-0.3, -0.25) is 24.3 Å². The molecule has 2 aliphatic heterocycles. The van der Waals surface area contributed by atoms with Crippen LogP contribution in [0.15, 0.2) is 27.9 Å². The van der Waals surface area contributed by atoms with Crippen LogP contribution in [0.5, 0.6) is 0 Å². The lowest BCUT2D eigenvalue weighted by Gasteiger charge is -2.57. The van der Waals surface area contributed by atoms with Gasteiger partial charge in [0.1, 0.15) is 11.9 Å². The predicted octanol–water partition coefficient (Wildman–Crippen LogP) is 4.39. The Hall–Kier alpha value is -2.23. The zero-order valence-corrected chi connectivity index (χ0v) is 25.8. The molecule has 2 amide bonds. The Bertz CT molecular complexity index is 1380. The van der Waals surface area contributed by atoms with Crippen molar-refractivity contribution in [3.05, 3.63) is 34.4 Å². The van der Waals surface area contributed by atoms with Crippen LogP contribution in [0, 0.1) is 30.1 Å². The van der Waals surface area contributed by atoms with Crippen molar-refractivity contribution >= 4 is 34.5 Å². The third-order valence-electron chi connectivity index (χ3n) is 11.0. The van der Waals surface area contributed by atoms with Crippen LogP contribution in [0.4, 0.5) is 0 Å². The minimum Gasteiger partial charge on any atom is -0.301 e. The van der Waals surface area contributed by atoms with E-state index in [0.717, 1.165) is 41.4 Å². The van der Waals surface area contributed by atoms with Crippen molar-refractivity contribution in [2.45, 2.75) is 82.1 Å². The summed E-state index contributed by atoms with van der Waals surface area (Å²) in [5, 5.41) is 2.86. The Labute approximate surface area is 253 Å². The summed E-state index contributed by atoms with van der Waals surface area (Å²) in [7, 11) is 0. The number of aromatic nitrogens is 2. The van der Waals surface area contributed by atoms with E-state index in [-0.39, 0.29) is 17.9 Å². The molecular weight excluding hydrogens is 546 g/mol. The topological polar surface area (TPSA) is 87.5 Å². The lowest BCUT2D eigenvalue weighted by atomic mass is 9.49. The zero-order valence-electron chi connectivity index (χ0n) is 25.0. The second kappa shape index (κ2) is 11.7. The number of thioether (sulfide) groups is 1. The lowest BCUT2D eigenvalue weighted by Crippen LogP contribution is -2.50. The molecule has 3 heterocycles. The first-order valence-corrected chi connectivity index (χ1v) is 17.3. The second-order valence-electron chi connectivity index (χ2n) is 14.0. The van der Waals surface area contributed by atoms with Gasteiger partial charge in [-0.15, -0.1) is 11.8 Å². The molecule has 8 nitrogen and oxygen atoms in total. The van der Waals surface area contributed by atoms with Crippen molar-refractivity contribution < 1.29 is 9.59 Å². The molecule has 1 aromatic heterocycles. The molecule has 8 rings (SSSR count). The molecule has 1 aromatic carbocycles. The fourth-order valence-electron chi connectivity index (χ4n) is 9.38. The van der Waals surface area contributed by atoms with Gasteiger partial charge in [-0.25, -0.2) is 4.98 Å². The summed E-state index contributed by atoms with van der Waals surface area (Å²) >= 11 is 1.82. The van der Waals surface area contributed by atoms with Crippen LogP contribution in [-0.4, -0.2) is 76.2 Å². The first-order valence-electron chi connectivity index (χ1n) is 16.3. The lowest BCUT2D eigenvalue weighted by molar-refractivity contribution is -0.135. The number of hydrogen-bond acceptors (Lipinski definition) is 7. The molecule has 42 heavy (non-hydrogen) atoms. The van der Waals surface area contributed by atoms with E-state index in [9.17, 15) is 14.4 Å². The minimum atomic E-state index is -0.690. The molecular formula is C33H45N5O3S. The highest BCUT2D eigenvalue weighted by Crippen LogP contribution is 2.61. The van der Waals surface area contributed by atoms with Gasteiger partial charge in [-0.2, -0.15) is 0 Å².